The van der Waals surface area contributed by atoms with Crippen LogP contribution in [0.25, 0.3) is 10.9 Å². The number of ether oxygens (including phenoxy) is 1. The van der Waals surface area contributed by atoms with Crippen molar-refractivity contribution in [2.75, 3.05) is 31.1 Å². The second kappa shape index (κ2) is 8.71. The van der Waals surface area contributed by atoms with Crippen LogP contribution in [0.1, 0.15) is 16.8 Å². The maximum atomic E-state index is 14.7. The maximum Gasteiger partial charge on any atom is 0.322 e. The van der Waals surface area contributed by atoms with Gasteiger partial charge in [0.2, 0.25) is 5.88 Å². The molecule has 2 saturated heterocycles. The molecule has 2 fully saturated rings. The predicted molar refractivity (Wildman–Crippen MR) is 119 cm³/mol. The second-order valence-corrected chi connectivity index (χ2v) is 8.38. The van der Waals surface area contributed by atoms with Gasteiger partial charge in [-0.25, -0.2) is 27.3 Å². The maximum absolute atomic E-state index is 14.7. The molecular formula is C24H20F4N4O3. The van der Waals surface area contributed by atoms with Gasteiger partial charge in [-0.2, -0.15) is 0 Å². The van der Waals surface area contributed by atoms with E-state index in [-0.39, 0.29) is 31.2 Å². The highest BCUT2D eigenvalue weighted by molar-refractivity contribution is 5.99. The molecule has 7 nitrogen and oxygen atoms in total. The van der Waals surface area contributed by atoms with Crippen molar-refractivity contribution in [3.8, 4) is 5.88 Å². The van der Waals surface area contributed by atoms with Crippen molar-refractivity contribution >= 4 is 28.5 Å². The number of rotatable bonds is 4. The fourth-order valence-electron chi connectivity index (χ4n) is 4.22. The van der Waals surface area contributed by atoms with Gasteiger partial charge in [0, 0.05) is 43.6 Å². The fraction of sp³-hybridized carbons (Fsp3) is 0.292. The SMILES string of the molecule is O=C(c1cc(N2CCNC2=O)c(F)cc1F)N1CCC(F)(F)[C@@H](Oc2ccc3ccccc3n2)C1. The van der Waals surface area contributed by atoms with Crippen LogP contribution in [-0.2, 0) is 0 Å². The number of carbonyl (C=O) groups excluding carboxylic acids is 2. The quantitative estimate of drug-likeness (QED) is 0.564. The van der Waals surface area contributed by atoms with Gasteiger partial charge < -0.3 is 15.0 Å². The van der Waals surface area contributed by atoms with E-state index in [2.05, 4.69) is 10.3 Å². The summed E-state index contributed by atoms with van der Waals surface area (Å²) in [6.07, 6.45) is -2.43. The standard InChI is InChI=1S/C24H20F4N4O3/c25-16-12-17(26)19(32-10-8-29-23(32)34)11-15(16)22(33)31-9-7-24(27,28)20(13-31)35-21-6-5-14-3-1-2-4-18(14)30-21/h1-6,11-12,20H,7-10,13H2,(H,29,34)/t20-/m0/s1. The Labute approximate surface area is 197 Å². The average Bonchev–Trinajstić information content (AvgIpc) is 3.25. The summed E-state index contributed by atoms with van der Waals surface area (Å²) in [4.78, 5) is 31.3. The molecule has 3 aromatic rings. The van der Waals surface area contributed by atoms with Crippen molar-refractivity contribution < 1.29 is 31.9 Å². The molecule has 2 aromatic carbocycles. The molecule has 5 rings (SSSR count). The van der Waals surface area contributed by atoms with Crippen LogP contribution >= 0.6 is 0 Å². The highest BCUT2D eigenvalue weighted by Crippen LogP contribution is 2.33. The molecule has 35 heavy (non-hydrogen) atoms. The number of urea groups is 1. The third kappa shape index (κ3) is 4.33. The van der Waals surface area contributed by atoms with Crippen LogP contribution in [0.15, 0.2) is 48.5 Å². The number of carbonyl (C=O) groups is 2. The van der Waals surface area contributed by atoms with E-state index in [9.17, 15) is 27.2 Å². The van der Waals surface area contributed by atoms with Crippen LogP contribution in [0.3, 0.4) is 0 Å². The number of aromatic nitrogens is 1. The van der Waals surface area contributed by atoms with Crippen molar-refractivity contribution in [1.29, 1.82) is 0 Å². The number of pyridine rings is 1. The van der Waals surface area contributed by atoms with Crippen molar-refractivity contribution in [2.45, 2.75) is 18.4 Å². The number of anilines is 1. The first-order valence-electron chi connectivity index (χ1n) is 11.0. The minimum atomic E-state index is -3.26. The van der Waals surface area contributed by atoms with E-state index in [0.29, 0.717) is 11.6 Å². The molecular weight excluding hydrogens is 468 g/mol. The summed E-state index contributed by atoms with van der Waals surface area (Å²) in [6.45, 7) is -0.481. The van der Waals surface area contributed by atoms with Crippen LogP contribution < -0.4 is 15.0 Å². The van der Waals surface area contributed by atoms with Crippen LogP contribution in [0, 0.1) is 11.6 Å². The first kappa shape index (κ1) is 22.9. The first-order valence-corrected chi connectivity index (χ1v) is 11.0. The summed E-state index contributed by atoms with van der Waals surface area (Å²) in [5.74, 6) is -6.35. The van der Waals surface area contributed by atoms with E-state index >= 15 is 0 Å². The number of para-hydroxylation sites is 1. The van der Waals surface area contributed by atoms with Gasteiger partial charge >= 0.3 is 6.03 Å². The van der Waals surface area contributed by atoms with Crippen molar-refractivity contribution in [3.05, 3.63) is 65.7 Å². The molecule has 0 saturated carbocycles. The third-order valence-corrected chi connectivity index (χ3v) is 6.11. The Morgan fingerprint density at radius 2 is 1.89 bits per heavy atom. The molecule has 0 bridgehead atoms. The first-order chi connectivity index (χ1) is 16.7. The summed E-state index contributed by atoms with van der Waals surface area (Å²) in [6, 6.07) is 11.1. The van der Waals surface area contributed by atoms with E-state index in [4.69, 9.17) is 4.74 Å². The number of likely N-dealkylation sites (tertiary alicyclic amines) is 1. The Morgan fingerprint density at radius 3 is 2.66 bits per heavy atom. The van der Waals surface area contributed by atoms with Gasteiger partial charge in [-0.3, -0.25) is 9.69 Å². The lowest BCUT2D eigenvalue weighted by Crippen LogP contribution is -2.55. The number of amides is 3. The lowest BCUT2D eigenvalue weighted by molar-refractivity contribution is -0.131. The second-order valence-electron chi connectivity index (χ2n) is 8.38. The van der Waals surface area contributed by atoms with Crippen molar-refractivity contribution in [2.24, 2.45) is 0 Å². The normalized spacial score (nSPS) is 19.7. The molecule has 1 N–H and O–H groups in total. The molecule has 182 valence electrons. The van der Waals surface area contributed by atoms with Crippen LogP contribution in [0.4, 0.5) is 28.0 Å². The zero-order chi connectivity index (χ0) is 24.7. The minimum Gasteiger partial charge on any atom is -0.466 e. The van der Waals surface area contributed by atoms with Gasteiger partial charge in [0.1, 0.15) is 11.6 Å². The van der Waals surface area contributed by atoms with Gasteiger partial charge in [0.05, 0.1) is 23.3 Å². The zero-order valence-corrected chi connectivity index (χ0v) is 18.3. The van der Waals surface area contributed by atoms with Crippen LogP contribution in [-0.4, -0.2) is 60.0 Å². The lowest BCUT2D eigenvalue weighted by atomic mass is 10.0. The Balaban J connectivity index is 1.39. The highest BCUT2D eigenvalue weighted by atomic mass is 19.3. The van der Waals surface area contributed by atoms with Crippen molar-refractivity contribution in [3.63, 3.8) is 0 Å². The topological polar surface area (TPSA) is 74.8 Å². The van der Waals surface area contributed by atoms with Crippen LogP contribution in [0.2, 0.25) is 0 Å². The monoisotopic (exact) mass is 488 g/mol. The van der Waals surface area contributed by atoms with E-state index in [1.807, 2.05) is 12.1 Å². The number of hydrogen-bond donors (Lipinski definition) is 1. The van der Waals surface area contributed by atoms with Gasteiger partial charge in [0.25, 0.3) is 11.8 Å². The number of nitrogens with one attached hydrogen (secondary N) is 1. The number of halogens is 4. The molecule has 1 aromatic heterocycles. The molecule has 0 aliphatic carbocycles. The Hall–Kier alpha value is -3.89. The molecule has 0 radical (unpaired) electrons. The van der Waals surface area contributed by atoms with E-state index in [1.165, 1.54) is 6.07 Å². The predicted octanol–water partition coefficient (Wildman–Crippen LogP) is 3.97. The number of piperidine rings is 1. The number of alkyl halides is 2. The van der Waals surface area contributed by atoms with E-state index in [0.717, 1.165) is 21.3 Å². The van der Waals surface area contributed by atoms with Gasteiger partial charge in [-0.1, -0.05) is 18.2 Å². The van der Waals surface area contributed by atoms with Crippen LogP contribution in [0.5, 0.6) is 5.88 Å². The summed E-state index contributed by atoms with van der Waals surface area (Å²) < 4.78 is 63.8. The fourth-order valence-corrected chi connectivity index (χ4v) is 4.22. The molecule has 0 spiro atoms. The molecule has 2 aliphatic rings. The molecule has 1 atom stereocenters. The third-order valence-electron chi connectivity index (χ3n) is 6.11. The number of benzene rings is 2. The van der Waals surface area contributed by atoms with Crippen molar-refractivity contribution in [1.82, 2.24) is 15.2 Å². The van der Waals surface area contributed by atoms with Gasteiger partial charge in [-0.15, -0.1) is 0 Å². The highest BCUT2D eigenvalue weighted by Gasteiger charge is 2.47. The number of nitrogens with zero attached hydrogens (tertiary/aromatic N) is 3. The molecule has 3 amide bonds. The Bertz CT molecular complexity index is 1320. The van der Waals surface area contributed by atoms with Gasteiger partial charge in [0.15, 0.2) is 6.10 Å². The Morgan fingerprint density at radius 1 is 1.09 bits per heavy atom. The molecule has 2 aliphatic heterocycles. The Kier molecular flexibility index (Phi) is 5.70. The summed E-state index contributed by atoms with van der Waals surface area (Å²) in [7, 11) is 0. The molecule has 0 unspecified atom stereocenters. The van der Waals surface area contributed by atoms with E-state index < -0.39 is 54.1 Å². The molecule has 11 heteroatoms. The largest absolute Gasteiger partial charge is 0.466 e. The molecule has 3 heterocycles. The summed E-state index contributed by atoms with van der Waals surface area (Å²) >= 11 is 0. The lowest BCUT2D eigenvalue weighted by Gasteiger charge is -2.38. The summed E-state index contributed by atoms with van der Waals surface area (Å²) in [5, 5.41) is 3.30. The zero-order valence-electron chi connectivity index (χ0n) is 18.3. The number of hydrogen-bond acceptors (Lipinski definition) is 4. The minimum absolute atomic E-state index is 0.0297. The smallest absolute Gasteiger partial charge is 0.322 e. The average molecular weight is 488 g/mol. The van der Waals surface area contributed by atoms with E-state index in [1.54, 1.807) is 18.2 Å². The van der Waals surface area contributed by atoms with Gasteiger partial charge in [-0.05, 0) is 18.2 Å². The summed E-state index contributed by atoms with van der Waals surface area (Å²) in [5.41, 5.74) is -0.224. The number of fused-ring (bicyclic) bond motifs is 1.